The SMILES string of the molecule is Cc1ccc(CN2CC[C@@]34OCCN3C(=O)C[C@@H]24)nc1. The highest BCUT2D eigenvalue weighted by molar-refractivity contribution is 5.81. The molecule has 1 aromatic heterocycles. The van der Waals surface area contributed by atoms with Crippen molar-refractivity contribution in [2.45, 2.75) is 38.1 Å². The van der Waals surface area contributed by atoms with Crippen LogP contribution in [0.4, 0.5) is 0 Å². The highest BCUT2D eigenvalue weighted by Crippen LogP contribution is 2.45. The highest BCUT2D eigenvalue weighted by atomic mass is 16.5. The summed E-state index contributed by atoms with van der Waals surface area (Å²) >= 11 is 0. The minimum Gasteiger partial charge on any atom is -0.352 e. The van der Waals surface area contributed by atoms with Crippen molar-refractivity contribution in [3.05, 3.63) is 29.6 Å². The van der Waals surface area contributed by atoms with Crippen LogP contribution in [-0.2, 0) is 16.1 Å². The van der Waals surface area contributed by atoms with Gasteiger partial charge in [-0.2, -0.15) is 0 Å². The Morgan fingerprint density at radius 2 is 2.35 bits per heavy atom. The number of hydrogen-bond acceptors (Lipinski definition) is 4. The van der Waals surface area contributed by atoms with Crippen molar-refractivity contribution in [1.82, 2.24) is 14.8 Å². The van der Waals surface area contributed by atoms with Crippen molar-refractivity contribution < 1.29 is 9.53 Å². The van der Waals surface area contributed by atoms with E-state index < -0.39 is 0 Å². The number of ether oxygens (including phenoxy) is 1. The summed E-state index contributed by atoms with van der Waals surface area (Å²) in [4.78, 5) is 20.9. The predicted molar refractivity (Wildman–Crippen MR) is 72.8 cm³/mol. The summed E-state index contributed by atoms with van der Waals surface area (Å²) in [6.45, 7) is 5.26. The molecule has 20 heavy (non-hydrogen) atoms. The van der Waals surface area contributed by atoms with Crippen molar-refractivity contribution in [3.8, 4) is 0 Å². The van der Waals surface area contributed by atoms with E-state index in [0.29, 0.717) is 13.0 Å². The lowest BCUT2D eigenvalue weighted by Gasteiger charge is -2.31. The van der Waals surface area contributed by atoms with Crippen LogP contribution in [0, 0.1) is 6.92 Å². The maximum Gasteiger partial charge on any atom is 0.226 e. The van der Waals surface area contributed by atoms with Crippen LogP contribution in [0.3, 0.4) is 0 Å². The normalized spacial score (nSPS) is 32.8. The molecule has 3 aliphatic rings. The molecular formula is C15H19N3O2. The van der Waals surface area contributed by atoms with E-state index in [1.54, 1.807) is 0 Å². The summed E-state index contributed by atoms with van der Waals surface area (Å²) in [6.07, 6.45) is 3.42. The van der Waals surface area contributed by atoms with Crippen molar-refractivity contribution in [3.63, 3.8) is 0 Å². The third-order valence-electron chi connectivity index (χ3n) is 4.85. The fraction of sp³-hybridized carbons (Fsp3) is 0.600. The lowest BCUT2D eigenvalue weighted by atomic mass is 10.1. The summed E-state index contributed by atoms with van der Waals surface area (Å²) in [5, 5.41) is 0. The third kappa shape index (κ3) is 1.63. The molecule has 0 unspecified atom stereocenters. The van der Waals surface area contributed by atoms with Gasteiger partial charge in [0.1, 0.15) is 0 Å². The Balaban J connectivity index is 1.56. The number of amides is 1. The van der Waals surface area contributed by atoms with Crippen molar-refractivity contribution in [2.24, 2.45) is 0 Å². The van der Waals surface area contributed by atoms with E-state index in [-0.39, 0.29) is 17.7 Å². The molecule has 3 aliphatic heterocycles. The first-order chi connectivity index (χ1) is 9.69. The molecule has 4 heterocycles. The van der Waals surface area contributed by atoms with Gasteiger partial charge in [0.05, 0.1) is 18.3 Å². The molecule has 2 atom stereocenters. The smallest absolute Gasteiger partial charge is 0.226 e. The predicted octanol–water partition coefficient (Wildman–Crippen LogP) is 0.923. The first kappa shape index (κ1) is 12.3. The molecule has 5 nitrogen and oxygen atoms in total. The molecule has 1 amide bonds. The van der Waals surface area contributed by atoms with Gasteiger partial charge >= 0.3 is 0 Å². The summed E-state index contributed by atoms with van der Waals surface area (Å²) < 4.78 is 5.99. The largest absolute Gasteiger partial charge is 0.352 e. The molecule has 5 heteroatoms. The van der Waals surface area contributed by atoms with E-state index in [9.17, 15) is 4.79 Å². The van der Waals surface area contributed by atoms with Crippen LogP contribution in [0.25, 0.3) is 0 Å². The number of nitrogens with zero attached hydrogens (tertiary/aromatic N) is 3. The summed E-state index contributed by atoms with van der Waals surface area (Å²) in [7, 11) is 0. The van der Waals surface area contributed by atoms with Gasteiger partial charge in [-0.3, -0.25) is 14.7 Å². The van der Waals surface area contributed by atoms with E-state index in [4.69, 9.17) is 4.74 Å². The van der Waals surface area contributed by atoms with E-state index in [1.807, 2.05) is 18.0 Å². The van der Waals surface area contributed by atoms with Crippen LogP contribution in [0.1, 0.15) is 24.1 Å². The Kier molecular flexibility index (Phi) is 2.62. The van der Waals surface area contributed by atoms with Gasteiger partial charge in [0.25, 0.3) is 0 Å². The zero-order valence-corrected chi connectivity index (χ0v) is 11.7. The van der Waals surface area contributed by atoms with Gasteiger partial charge in [0, 0.05) is 38.7 Å². The van der Waals surface area contributed by atoms with Crippen LogP contribution >= 0.6 is 0 Å². The van der Waals surface area contributed by atoms with Gasteiger partial charge in [-0.1, -0.05) is 6.07 Å². The van der Waals surface area contributed by atoms with E-state index >= 15 is 0 Å². The zero-order valence-electron chi connectivity index (χ0n) is 11.7. The summed E-state index contributed by atoms with van der Waals surface area (Å²) in [6, 6.07) is 4.36. The first-order valence-corrected chi connectivity index (χ1v) is 7.29. The minimum absolute atomic E-state index is 0.195. The van der Waals surface area contributed by atoms with Crippen LogP contribution in [-0.4, -0.2) is 52.2 Å². The molecule has 0 bridgehead atoms. The number of rotatable bonds is 2. The number of aryl methyl sites for hydroxylation is 1. The molecule has 3 fully saturated rings. The number of carbonyl (C=O) groups is 1. The molecule has 3 saturated heterocycles. The Morgan fingerprint density at radius 3 is 3.15 bits per heavy atom. The van der Waals surface area contributed by atoms with E-state index in [2.05, 4.69) is 22.0 Å². The maximum atomic E-state index is 12.1. The molecule has 106 valence electrons. The summed E-state index contributed by atoms with van der Waals surface area (Å²) in [5.74, 6) is 0.245. The molecule has 1 spiro atoms. The Hall–Kier alpha value is -1.46. The highest BCUT2D eigenvalue weighted by Gasteiger charge is 2.61. The number of carbonyl (C=O) groups excluding carboxylic acids is 1. The van der Waals surface area contributed by atoms with Gasteiger partial charge in [-0.25, -0.2) is 0 Å². The quantitative estimate of drug-likeness (QED) is 0.804. The number of pyridine rings is 1. The van der Waals surface area contributed by atoms with Crippen LogP contribution in [0.2, 0.25) is 0 Å². The Morgan fingerprint density at radius 1 is 1.45 bits per heavy atom. The molecule has 0 aromatic carbocycles. The number of hydrogen-bond donors (Lipinski definition) is 0. The average Bonchev–Trinajstić information content (AvgIpc) is 3.06. The fourth-order valence-corrected chi connectivity index (χ4v) is 3.86. The van der Waals surface area contributed by atoms with Gasteiger partial charge < -0.3 is 9.64 Å². The topological polar surface area (TPSA) is 45.7 Å². The van der Waals surface area contributed by atoms with Crippen LogP contribution < -0.4 is 0 Å². The first-order valence-electron chi connectivity index (χ1n) is 7.29. The van der Waals surface area contributed by atoms with Crippen LogP contribution in [0.5, 0.6) is 0 Å². The molecular weight excluding hydrogens is 254 g/mol. The van der Waals surface area contributed by atoms with Crippen LogP contribution in [0.15, 0.2) is 18.3 Å². The number of likely N-dealkylation sites (tertiary alicyclic amines) is 1. The zero-order chi connectivity index (χ0) is 13.7. The van der Waals surface area contributed by atoms with Crippen molar-refractivity contribution >= 4 is 5.91 Å². The molecule has 0 aliphatic carbocycles. The van der Waals surface area contributed by atoms with E-state index in [1.165, 1.54) is 5.56 Å². The third-order valence-corrected chi connectivity index (χ3v) is 4.85. The Bertz CT molecular complexity index is 545. The second kappa shape index (κ2) is 4.27. The lowest BCUT2D eigenvalue weighted by Crippen LogP contribution is -2.47. The second-order valence-electron chi connectivity index (χ2n) is 6.01. The molecule has 0 saturated carbocycles. The van der Waals surface area contributed by atoms with Gasteiger partial charge in [-0.05, 0) is 18.6 Å². The van der Waals surface area contributed by atoms with Gasteiger partial charge in [0.15, 0.2) is 5.72 Å². The monoisotopic (exact) mass is 273 g/mol. The standard InChI is InChI=1S/C15H19N3O2/c1-11-2-3-12(16-9-11)10-17-5-4-15-13(17)8-14(19)18(15)6-7-20-15/h2-3,9,13H,4-8,10H2,1H3/t13-,15+/m1/s1. The van der Waals surface area contributed by atoms with Crippen molar-refractivity contribution in [1.29, 1.82) is 0 Å². The second-order valence-corrected chi connectivity index (χ2v) is 6.01. The molecule has 4 rings (SSSR count). The molecule has 0 radical (unpaired) electrons. The minimum atomic E-state index is -0.332. The fourth-order valence-electron chi connectivity index (χ4n) is 3.86. The average molecular weight is 273 g/mol. The van der Waals surface area contributed by atoms with Gasteiger partial charge in [0.2, 0.25) is 5.91 Å². The van der Waals surface area contributed by atoms with Gasteiger partial charge in [-0.15, -0.1) is 0 Å². The lowest BCUT2D eigenvalue weighted by molar-refractivity contribution is -0.136. The molecule has 1 aromatic rings. The maximum absolute atomic E-state index is 12.1. The number of aromatic nitrogens is 1. The molecule has 0 N–H and O–H groups in total. The Labute approximate surface area is 118 Å². The van der Waals surface area contributed by atoms with Crippen molar-refractivity contribution in [2.75, 3.05) is 19.7 Å². The summed E-state index contributed by atoms with van der Waals surface area (Å²) in [5.41, 5.74) is 1.91. The van der Waals surface area contributed by atoms with E-state index in [0.717, 1.165) is 31.7 Å².